The highest BCUT2D eigenvalue weighted by Crippen LogP contribution is 2.50. The van der Waals surface area contributed by atoms with Gasteiger partial charge in [-0.1, -0.05) is 53.4 Å². The van der Waals surface area contributed by atoms with Crippen LogP contribution in [-0.2, 0) is 14.4 Å². The molecule has 0 saturated carbocycles. The summed E-state index contributed by atoms with van der Waals surface area (Å²) in [6, 6.07) is 7.54. The summed E-state index contributed by atoms with van der Waals surface area (Å²) in [7, 11) is 0. The molecule has 0 saturated heterocycles. The second kappa shape index (κ2) is 6.04. The molecule has 1 aliphatic rings. The Hall–Kier alpha value is -1.59. The van der Waals surface area contributed by atoms with E-state index in [1.165, 1.54) is 23.5 Å². The molecule has 0 bridgehead atoms. The van der Waals surface area contributed by atoms with Crippen molar-refractivity contribution in [2.45, 2.75) is 6.92 Å². The van der Waals surface area contributed by atoms with Crippen LogP contribution in [0.2, 0.25) is 0 Å². The highest BCUT2D eigenvalue weighted by molar-refractivity contribution is 8.29. The van der Waals surface area contributed by atoms with E-state index in [-0.39, 0.29) is 0 Å². The lowest BCUT2D eigenvalue weighted by Gasteiger charge is -2.04. The summed E-state index contributed by atoms with van der Waals surface area (Å²) in [5, 5.41) is 0. The minimum Gasteiger partial charge on any atom is -0.298 e. The number of carbonyl (C=O) groups excluding carboxylic acids is 3. The van der Waals surface area contributed by atoms with Gasteiger partial charge in [0.05, 0.1) is 14.0 Å². The van der Waals surface area contributed by atoms with Gasteiger partial charge in [-0.05, 0) is 12.5 Å². The van der Waals surface area contributed by atoms with Gasteiger partial charge < -0.3 is 0 Å². The summed E-state index contributed by atoms with van der Waals surface area (Å²) < 4.78 is 0.669. The van der Waals surface area contributed by atoms with Crippen LogP contribution in [0.1, 0.15) is 11.1 Å². The van der Waals surface area contributed by atoms with Crippen molar-refractivity contribution in [2.24, 2.45) is 0 Å². The van der Waals surface area contributed by atoms with Gasteiger partial charge in [-0.15, -0.1) is 0 Å². The number of aryl methyl sites for hydroxylation is 1. The molecule has 1 aromatic rings. The van der Waals surface area contributed by atoms with Gasteiger partial charge in [-0.3, -0.25) is 14.4 Å². The van der Waals surface area contributed by atoms with Gasteiger partial charge >= 0.3 is 0 Å². The van der Waals surface area contributed by atoms with Gasteiger partial charge in [-0.25, -0.2) is 0 Å². The quantitative estimate of drug-likeness (QED) is 0.630. The third-order valence-corrected chi connectivity index (χ3v) is 5.07. The van der Waals surface area contributed by atoms with E-state index in [9.17, 15) is 14.4 Å². The van der Waals surface area contributed by atoms with Crippen LogP contribution in [0.4, 0.5) is 0 Å². The van der Waals surface area contributed by atoms with Crippen molar-refractivity contribution in [3.8, 4) is 0 Å². The Balaban J connectivity index is 2.41. The fourth-order valence-corrected chi connectivity index (χ4v) is 3.86. The largest absolute Gasteiger partial charge is 0.298 e. The minimum absolute atomic E-state index is 0.362. The fraction of sp³-hybridized carbons (Fsp3) is 0.0714. The van der Waals surface area contributed by atoms with Crippen LogP contribution in [0.15, 0.2) is 38.3 Å². The molecular formula is C14H10O3S2. The molecule has 0 fully saturated rings. The molecule has 0 amide bonds. The SMILES string of the molecule is Cc1ccc(C(C=O)=C2SC(C=O)=C(C=O)S2)cc1. The van der Waals surface area contributed by atoms with Crippen LogP contribution in [0.3, 0.4) is 0 Å². The van der Waals surface area contributed by atoms with E-state index in [0.717, 1.165) is 17.4 Å². The Morgan fingerprint density at radius 1 is 0.947 bits per heavy atom. The van der Waals surface area contributed by atoms with E-state index in [1.54, 1.807) is 0 Å². The fourth-order valence-electron chi connectivity index (χ4n) is 1.56. The summed E-state index contributed by atoms with van der Waals surface area (Å²) in [6.45, 7) is 1.97. The predicted octanol–water partition coefficient (Wildman–Crippen LogP) is 2.95. The van der Waals surface area contributed by atoms with E-state index >= 15 is 0 Å². The lowest BCUT2D eigenvalue weighted by molar-refractivity contribution is -0.106. The maximum atomic E-state index is 11.3. The van der Waals surface area contributed by atoms with Crippen molar-refractivity contribution < 1.29 is 14.4 Å². The number of hydrogen-bond donors (Lipinski definition) is 0. The first-order valence-corrected chi connectivity index (χ1v) is 7.09. The van der Waals surface area contributed by atoms with E-state index in [1.807, 2.05) is 31.2 Å². The van der Waals surface area contributed by atoms with Crippen LogP contribution in [0.5, 0.6) is 0 Å². The number of carbonyl (C=O) groups is 3. The van der Waals surface area contributed by atoms with Crippen LogP contribution in [0.25, 0.3) is 5.57 Å². The normalized spacial score (nSPS) is 14.5. The average molecular weight is 290 g/mol. The maximum Gasteiger partial charge on any atom is 0.158 e. The molecule has 2 rings (SSSR count). The van der Waals surface area contributed by atoms with Crippen molar-refractivity contribution in [2.75, 3.05) is 0 Å². The van der Waals surface area contributed by atoms with Crippen molar-refractivity contribution in [1.29, 1.82) is 0 Å². The standard InChI is InChI=1S/C14H10O3S2/c1-9-2-4-10(5-3-9)11(6-15)14-18-12(7-16)13(8-17)19-14/h2-8H,1H3. The third kappa shape index (κ3) is 2.88. The Morgan fingerprint density at radius 3 is 1.89 bits per heavy atom. The Morgan fingerprint density at radius 2 is 1.47 bits per heavy atom. The lowest BCUT2D eigenvalue weighted by Crippen LogP contribution is -1.88. The van der Waals surface area contributed by atoms with Crippen LogP contribution in [0, 0.1) is 6.92 Å². The Kier molecular flexibility index (Phi) is 4.39. The second-order valence-corrected chi connectivity index (χ2v) is 6.22. The maximum absolute atomic E-state index is 11.3. The number of allylic oxidation sites excluding steroid dienone is 3. The highest BCUT2D eigenvalue weighted by Gasteiger charge is 2.23. The van der Waals surface area contributed by atoms with Gasteiger partial charge in [-0.2, -0.15) is 0 Å². The molecule has 1 aromatic carbocycles. The molecule has 5 heteroatoms. The number of aldehydes is 3. The van der Waals surface area contributed by atoms with Crippen LogP contribution >= 0.6 is 23.5 Å². The molecule has 1 heterocycles. The number of thioether (sulfide) groups is 2. The van der Waals surface area contributed by atoms with Crippen molar-refractivity contribution >= 4 is 48.0 Å². The molecule has 0 spiro atoms. The lowest BCUT2D eigenvalue weighted by atomic mass is 10.1. The van der Waals surface area contributed by atoms with Gasteiger partial charge in [0.2, 0.25) is 0 Å². The molecule has 0 aromatic heterocycles. The zero-order valence-corrected chi connectivity index (χ0v) is 11.7. The zero-order valence-electron chi connectivity index (χ0n) is 10.1. The van der Waals surface area contributed by atoms with Crippen molar-refractivity contribution in [3.63, 3.8) is 0 Å². The topological polar surface area (TPSA) is 51.2 Å². The second-order valence-electron chi connectivity index (χ2n) is 3.85. The molecule has 1 aliphatic heterocycles. The summed E-state index contributed by atoms with van der Waals surface area (Å²) in [6.07, 6.45) is 2.05. The summed E-state index contributed by atoms with van der Waals surface area (Å²) in [5.41, 5.74) is 2.39. The number of rotatable bonds is 4. The molecular weight excluding hydrogens is 280 g/mol. The molecule has 3 nitrogen and oxygen atoms in total. The van der Waals surface area contributed by atoms with Crippen molar-refractivity contribution in [3.05, 3.63) is 49.4 Å². The minimum atomic E-state index is 0.362. The molecule has 0 aliphatic carbocycles. The van der Waals surface area contributed by atoms with Crippen molar-refractivity contribution in [1.82, 2.24) is 0 Å². The number of hydrogen-bond acceptors (Lipinski definition) is 5. The molecule has 0 atom stereocenters. The third-order valence-electron chi connectivity index (χ3n) is 2.56. The van der Waals surface area contributed by atoms with Gasteiger partial charge in [0.15, 0.2) is 18.9 Å². The predicted molar refractivity (Wildman–Crippen MR) is 78.5 cm³/mol. The van der Waals surface area contributed by atoms with Gasteiger partial charge in [0.1, 0.15) is 0 Å². The molecule has 0 radical (unpaired) electrons. The molecule has 0 N–H and O–H groups in total. The molecule has 19 heavy (non-hydrogen) atoms. The van der Waals surface area contributed by atoms with E-state index in [0.29, 0.717) is 32.2 Å². The average Bonchev–Trinajstić information content (AvgIpc) is 2.85. The van der Waals surface area contributed by atoms with E-state index in [4.69, 9.17) is 0 Å². The smallest absolute Gasteiger partial charge is 0.158 e. The number of benzene rings is 1. The van der Waals surface area contributed by atoms with Gasteiger partial charge in [0, 0.05) is 5.57 Å². The van der Waals surface area contributed by atoms with Crippen LogP contribution < -0.4 is 0 Å². The zero-order chi connectivity index (χ0) is 13.8. The Labute approximate surface area is 119 Å². The first-order valence-electron chi connectivity index (χ1n) is 5.46. The molecule has 96 valence electrons. The Bertz CT molecular complexity index is 576. The van der Waals surface area contributed by atoms with E-state index in [2.05, 4.69) is 0 Å². The summed E-state index contributed by atoms with van der Waals surface area (Å²) in [5.74, 6) is 0. The first-order chi connectivity index (χ1) is 9.19. The summed E-state index contributed by atoms with van der Waals surface area (Å²) >= 11 is 2.33. The van der Waals surface area contributed by atoms with Gasteiger partial charge in [0.25, 0.3) is 0 Å². The highest BCUT2D eigenvalue weighted by atomic mass is 32.2. The first kappa shape index (κ1) is 13.8. The summed E-state index contributed by atoms with van der Waals surface area (Å²) in [4.78, 5) is 33.7. The monoisotopic (exact) mass is 290 g/mol. The molecule has 0 unspecified atom stereocenters. The van der Waals surface area contributed by atoms with Crippen LogP contribution in [-0.4, -0.2) is 18.9 Å². The van der Waals surface area contributed by atoms with E-state index < -0.39 is 0 Å².